The van der Waals surface area contributed by atoms with Gasteiger partial charge in [-0.25, -0.2) is 0 Å². The SMILES string of the molecule is CC(C)CC(CNC(=O)c1cccn1C1CC1)CC(=O)O. The van der Waals surface area contributed by atoms with E-state index in [0.29, 0.717) is 24.2 Å². The average Bonchev–Trinajstić information content (AvgIpc) is 3.11. The summed E-state index contributed by atoms with van der Waals surface area (Å²) in [5.41, 5.74) is 0.677. The van der Waals surface area contributed by atoms with Crippen LogP contribution in [0.1, 0.15) is 56.1 Å². The number of rotatable bonds is 8. The summed E-state index contributed by atoms with van der Waals surface area (Å²) < 4.78 is 2.02. The van der Waals surface area contributed by atoms with Crippen molar-refractivity contribution >= 4 is 11.9 Å². The van der Waals surface area contributed by atoms with Crippen LogP contribution in [0.2, 0.25) is 0 Å². The molecule has 1 aliphatic carbocycles. The molecule has 0 spiro atoms. The number of aliphatic carboxylic acids is 1. The quantitative estimate of drug-likeness (QED) is 0.774. The van der Waals surface area contributed by atoms with Crippen molar-refractivity contribution in [1.82, 2.24) is 9.88 Å². The van der Waals surface area contributed by atoms with Crippen molar-refractivity contribution in [3.8, 4) is 0 Å². The van der Waals surface area contributed by atoms with E-state index in [1.165, 1.54) is 0 Å². The van der Waals surface area contributed by atoms with Gasteiger partial charge in [0.2, 0.25) is 0 Å². The van der Waals surface area contributed by atoms with Gasteiger partial charge in [0.1, 0.15) is 5.69 Å². The van der Waals surface area contributed by atoms with Crippen molar-refractivity contribution in [1.29, 1.82) is 0 Å². The predicted octanol–water partition coefficient (Wildman–Crippen LogP) is 2.69. The highest BCUT2D eigenvalue weighted by molar-refractivity contribution is 5.92. The normalized spacial score (nSPS) is 16.0. The summed E-state index contributed by atoms with van der Waals surface area (Å²) in [5.74, 6) is -0.514. The molecule has 1 aromatic rings. The molecule has 0 saturated heterocycles. The lowest BCUT2D eigenvalue weighted by atomic mass is 9.94. The van der Waals surface area contributed by atoms with Gasteiger partial charge in [-0.05, 0) is 43.2 Å². The Kier molecular flexibility index (Phi) is 5.04. The van der Waals surface area contributed by atoms with Gasteiger partial charge < -0.3 is 15.0 Å². The number of carbonyl (C=O) groups is 2. The summed E-state index contributed by atoms with van der Waals surface area (Å²) in [6, 6.07) is 4.17. The zero-order valence-electron chi connectivity index (χ0n) is 12.7. The topological polar surface area (TPSA) is 71.3 Å². The molecule has 5 heteroatoms. The van der Waals surface area contributed by atoms with Gasteiger partial charge in [-0.15, -0.1) is 0 Å². The Labute approximate surface area is 125 Å². The maximum atomic E-state index is 12.3. The van der Waals surface area contributed by atoms with Crippen LogP contribution in [0.25, 0.3) is 0 Å². The highest BCUT2D eigenvalue weighted by Gasteiger charge is 2.27. The molecule has 1 amide bonds. The molecule has 1 fully saturated rings. The molecule has 5 nitrogen and oxygen atoms in total. The fraction of sp³-hybridized carbons (Fsp3) is 0.625. The first-order chi connectivity index (χ1) is 9.97. The van der Waals surface area contributed by atoms with Gasteiger partial charge in [0.25, 0.3) is 5.91 Å². The molecule has 0 bridgehead atoms. The second-order valence-electron chi connectivity index (χ2n) is 6.34. The Hall–Kier alpha value is -1.78. The van der Waals surface area contributed by atoms with Crippen LogP contribution >= 0.6 is 0 Å². The minimum atomic E-state index is -0.809. The van der Waals surface area contributed by atoms with E-state index < -0.39 is 5.97 Å². The summed E-state index contributed by atoms with van der Waals surface area (Å²) in [5, 5.41) is 11.9. The van der Waals surface area contributed by atoms with E-state index in [0.717, 1.165) is 19.3 Å². The van der Waals surface area contributed by atoms with Gasteiger partial charge in [-0.2, -0.15) is 0 Å². The van der Waals surface area contributed by atoms with Crippen LogP contribution in [-0.2, 0) is 4.79 Å². The minimum Gasteiger partial charge on any atom is -0.481 e. The minimum absolute atomic E-state index is 0.0178. The second kappa shape index (κ2) is 6.78. The van der Waals surface area contributed by atoms with Crippen molar-refractivity contribution in [2.24, 2.45) is 11.8 Å². The van der Waals surface area contributed by atoms with Crippen molar-refractivity contribution < 1.29 is 14.7 Å². The Morgan fingerprint density at radius 1 is 1.43 bits per heavy atom. The van der Waals surface area contributed by atoms with Crippen LogP contribution in [0.4, 0.5) is 0 Å². The molecular formula is C16H24N2O3. The number of hydrogen-bond acceptors (Lipinski definition) is 2. The second-order valence-corrected chi connectivity index (χ2v) is 6.34. The molecule has 1 heterocycles. The van der Waals surface area contributed by atoms with Gasteiger partial charge >= 0.3 is 5.97 Å². The lowest BCUT2D eigenvalue weighted by molar-refractivity contribution is -0.138. The zero-order chi connectivity index (χ0) is 15.4. The first-order valence-electron chi connectivity index (χ1n) is 7.64. The summed E-state index contributed by atoms with van der Waals surface area (Å²) in [4.78, 5) is 23.2. The molecule has 1 unspecified atom stereocenters. The lowest BCUT2D eigenvalue weighted by Gasteiger charge is -2.18. The van der Waals surface area contributed by atoms with Crippen LogP contribution < -0.4 is 5.32 Å². The Morgan fingerprint density at radius 3 is 2.71 bits per heavy atom. The van der Waals surface area contributed by atoms with E-state index in [4.69, 9.17) is 5.11 Å². The number of hydrogen-bond donors (Lipinski definition) is 2. The van der Waals surface area contributed by atoms with Crippen LogP contribution in [0.5, 0.6) is 0 Å². The lowest BCUT2D eigenvalue weighted by Crippen LogP contribution is -2.32. The maximum absolute atomic E-state index is 12.3. The number of carbonyl (C=O) groups excluding carboxylic acids is 1. The number of carboxylic acid groups (broad SMARTS) is 1. The number of amides is 1. The summed E-state index contributed by atoms with van der Waals surface area (Å²) in [7, 11) is 0. The number of nitrogens with one attached hydrogen (secondary N) is 1. The van der Waals surface area contributed by atoms with E-state index in [2.05, 4.69) is 19.2 Å². The Morgan fingerprint density at radius 2 is 2.14 bits per heavy atom. The number of nitrogens with zero attached hydrogens (tertiary/aromatic N) is 1. The van der Waals surface area contributed by atoms with Crippen LogP contribution in [0, 0.1) is 11.8 Å². The fourth-order valence-electron chi connectivity index (χ4n) is 2.74. The highest BCUT2D eigenvalue weighted by atomic mass is 16.4. The molecule has 1 aromatic heterocycles. The van der Waals surface area contributed by atoms with E-state index >= 15 is 0 Å². The molecule has 1 aliphatic rings. The van der Waals surface area contributed by atoms with Crippen LogP contribution in [0.15, 0.2) is 18.3 Å². The molecule has 21 heavy (non-hydrogen) atoms. The van der Waals surface area contributed by atoms with Crippen molar-refractivity contribution in [2.75, 3.05) is 6.54 Å². The molecule has 2 N–H and O–H groups in total. The summed E-state index contributed by atoms with van der Waals surface area (Å²) in [6.45, 7) is 4.54. The first kappa shape index (κ1) is 15.6. The van der Waals surface area contributed by atoms with Gasteiger partial charge in [0.15, 0.2) is 0 Å². The van der Waals surface area contributed by atoms with E-state index in [9.17, 15) is 9.59 Å². The Bertz CT molecular complexity index is 503. The smallest absolute Gasteiger partial charge is 0.303 e. The van der Waals surface area contributed by atoms with Gasteiger partial charge in [-0.3, -0.25) is 9.59 Å². The van der Waals surface area contributed by atoms with E-state index in [1.54, 1.807) is 0 Å². The third-order valence-corrected chi connectivity index (χ3v) is 3.77. The molecule has 0 aliphatic heterocycles. The standard InChI is InChI=1S/C16H24N2O3/c1-11(2)8-12(9-15(19)20)10-17-16(21)14-4-3-7-18(14)13-5-6-13/h3-4,7,11-13H,5-6,8-10H2,1-2H3,(H,17,21)(H,19,20). The van der Waals surface area contributed by atoms with Crippen LogP contribution in [0.3, 0.4) is 0 Å². The van der Waals surface area contributed by atoms with E-state index in [-0.39, 0.29) is 18.2 Å². The predicted molar refractivity (Wildman–Crippen MR) is 80.2 cm³/mol. The first-order valence-corrected chi connectivity index (χ1v) is 7.64. The van der Waals surface area contributed by atoms with Gasteiger partial charge in [0, 0.05) is 25.2 Å². The molecule has 2 rings (SSSR count). The third-order valence-electron chi connectivity index (χ3n) is 3.77. The van der Waals surface area contributed by atoms with Gasteiger partial charge in [-0.1, -0.05) is 13.8 Å². The van der Waals surface area contributed by atoms with Crippen molar-refractivity contribution in [3.63, 3.8) is 0 Å². The molecular weight excluding hydrogens is 268 g/mol. The maximum Gasteiger partial charge on any atom is 0.303 e. The molecule has 0 radical (unpaired) electrons. The van der Waals surface area contributed by atoms with Crippen molar-refractivity contribution in [3.05, 3.63) is 24.0 Å². The zero-order valence-corrected chi connectivity index (χ0v) is 12.7. The monoisotopic (exact) mass is 292 g/mol. The summed E-state index contributed by atoms with van der Waals surface area (Å²) >= 11 is 0. The van der Waals surface area contributed by atoms with Crippen LogP contribution in [-0.4, -0.2) is 28.1 Å². The Balaban J connectivity index is 1.91. The molecule has 116 valence electrons. The molecule has 1 atom stereocenters. The molecule has 1 saturated carbocycles. The number of carboxylic acids is 1. The summed E-state index contributed by atoms with van der Waals surface area (Å²) in [6.07, 6.45) is 5.10. The number of aromatic nitrogens is 1. The fourth-order valence-corrected chi connectivity index (χ4v) is 2.74. The van der Waals surface area contributed by atoms with Crippen molar-refractivity contribution in [2.45, 2.75) is 45.6 Å². The highest BCUT2D eigenvalue weighted by Crippen LogP contribution is 2.35. The molecule has 0 aromatic carbocycles. The average molecular weight is 292 g/mol. The largest absolute Gasteiger partial charge is 0.481 e. The third kappa shape index (κ3) is 4.62. The van der Waals surface area contributed by atoms with Gasteiger partial charge in [0.05, 0.1) is 0 Å². The van der Waals surface area contributed by atoms with E-state index in [1.807, 2.05) is 22.9 Å².